The lowest BCUT2D eigenvalue weighted by Crippen LogP contribution is -2.34. The smallest absolute Gasteiger partial charge is 0.423 e. The van der Waals surface area contributed by atoms with Crippen molar-refractivity contribution in [2.24, 2.45) is 0 Å². The van der Waals surface area contributed by atoms with Crippen molar-refractivity contribution in [1.29, 1.82) is 0 Å². The second-order valence-corrected chi connectivity index (χ2v) is 5.23. The van der Waals surface area contributed by atoms with Gasteiger partial charge in [-0.1, -0.05) is 31.9 Å². The molecule has 0 amide bonds. The van der Waals surface area contributed by atoms with E-state index in [0.29, 0.717) is 18.2 Å². The van der Waals surface area contributed by atoms with Gasteiger partial charge in [0.2, 0.25) is 0 Å². The first-order chi connectivity index (χ1) is 9.11. The van der Waals surface area contributed by atoms with Gasteiger partial charge < -0.3 is 10.0 Å². The maximum absolute atomic E-state index is 13.9. The van der Waals surface area contributed by atoms with Crippen molar-refractivity contribution in [1.82, 2.24) is 4.90 Å². The molecule has 0 aromatic heterocycles. The van der Waals surface area contributed by atoms with Gasteiger partial charge in [0, 0.05) is 18.2 Å². The number of rotatable bonds is 5. The number of hydrogen-bond donors (Lipinski definition) is 2. The van der Waals surface area contributed by atoms with Crippen LogP contribution < -0.4 is 5.46 Å². The summed E-state index contributed by atoms with van der Waals surface area (Å²) < 4.78 is 13.9. The molecule has 0 saturated heterocycles. The largest absolute Gasteiger partial charge is 0.488 e. The molecule has 19 heavy (non-hydrogen) atoms. The number of benzene rings is 1. The van der Waals surface area contributed by atoms with Crippen LogP contribution in [0.4, 0.5) is 4.39 Å². The first-order valence-electron chi connectivity index (χ1n) is 7.00. The van der Waals surface area contributed by atoms with Crippen LogP contribution in [0.5, 0.6) is 0 Å². The van der Waals surface area contributed by atoms with Crippen LogP contribution in [-0.2, 0) is 6.54 Å². The maximum Gasteiger partial charge on any atom is 0.488 e. The quantitative estimate of drug-likeness (QED) is 0.788. The van der Waals surface area contributed by atoms with Crippen LogP contribution in [0, 0.1) is 5.82 Å². The molecule has 0 bridgehead atoms. The first kappa shape index (κ1) is 14.5. The van der Waals surface area contributed by atoms with E-state index in [1.54, 1.807) is 12.1 Å². The predicted molar refractivity (Wildman–Crippen MR) is 74.6 cm³/mol. The van der Waals surface area contributed by atoms with Gasteiger partial charge in [0.25, 0.3) is 0 Å². The molecule has 0 spiro atoms. The zero-order valence-corrected chi connectivity index (χ0v) is 11.3. The minimum Gasteiger partial charge on any atom is -0.423 e. The van der Waals surface area contributed by atoms with Crippen LogP contribution in [0.15, 0.2) is 18.2 Å². The minimum absolute atomic E-state index is 0.199. The summed E-state index contributed by atoms with van der Waals surface area (Å²) in [5, 5.41) is 18.0. The van der Waals surface area contributed by atoms with Gasteiger partial charge >= 0.3 is 7.12 Å². The van der Waals surface area contributed by atoms with Crippen molar-refractivity contribution in [3.05, 3.63) is 29.6 Å². The fourth-order valence-electron chi connectivity index (χ4n) is 2.84. The average molecular weight is 265 g/mol. The van der Waals surface area contributed by atoms with E-state index in [1.807, 2.05) is 0 Å². The third-order valence-corrected chi connectivity index (χ3v) is 4.00. The molecule has 0 radical (unpaired) electrons. The molecule has 5 heteroatoms. The van der Waals surface area contributed by atoms with Gasteiger partial charge in [-0.3, -0.25) is 4.90 Å². The van der Waals surface area contributed by atoms with Crippen LogP contribution in [-0.4, -0.2) is 34.7 Å². The van der Waals surface area contributed by atoms with E-state index in [0.717, 1.165) is 6.54 Å². The Labute approximate surface area is 114 Å². The van der Waals surface area contributed by atoms with Crippen LogP contribution >= 0.6 is 0 Å². The zero-order chi connectivity index (χ0) is 13.8. The third kappa shape index (κ3) is 3.56. The summed E-state index contributed by atoms with van der Waals surface area (Å²) >= 11 is 0. The molecule has 0 unspecified atom stereocenters. The fraction of sp³-hybridized carbons (Fsp3) is 0.571. The second kappa shape index (κ2) is 6.50. The van der Waals surface area contributed by atoms with Crippen LogP contribution in [0.1, 0.15) is 38.2 Å². The molecule has 1 saturated carbocycles. The van der Waals surface area contributed by atoms with E-state index in [4.69, 9.17) is 10.0 Å². The fourth-order valence-corrected chi connectivity index (χ4v) is 2.84. The van der Waals surface area contributed by atoms with Crippen molar-refractivity contribution >= 4 is 12.6 Å². The van der Waals surface area contributed by atoms with Gasteiger partial charge in [-0.15, -0.1) is 0 Å². The SMILES string of the molecule is CCN(Cc1ccc(B(O)O)cc1F)C1CCCC1. The lowest BCUT2D eigenvalue weighted by atomic mass is 9.80. The number of hydrogen-bond acceptors (Lipinski definition) is 3. The Hall–Kier alpha value is -0.905. The van der Waals surface area contributed by atoms with E-state index in [2.05, 4.69) is 11.8 Å². The lowest BCUT2D eigenvalue weighted by molar-refractivity contribution is 0.198. The summed E-state index contributed by atoms with van der Waals surface area (Å²) in [5.41, 5.74) is 0.823. The first-order valence-corrected chi connectivity index (χ1v) is 7.00. The summed E-state index contributed by atoms with van der Waals surface area (Å²) in [7, 11) is -1.61. The van der Waals surface area contributed by atoms with E-state index in [9.17, 15) is 4.39 Å². The highest BCUT2D eigenvalue weighted by atomic mass is 19.1. The molecule has 1 aromatic carbocycles. The highest BCUT2D eigenvalue weighted by molar-refractivity contribution is 6.58. The molecule has 104 valence electrons. The Morgan fingerprint density at radius 3 is 2.53 bits per heavy atom. The predicted octanol–water partition coefficient (Wildman–Crippen LogP) is 1.27. The Balaban J connectivity index is 2.08. The van der Waals surface area contributed by atoms with Crippen molar-refractivity contribution in [3.63, 3.8) is 0 Å². The van der Waals surface area contributed by atoms with Gasteiger partial charge in [-0.2, -0.15) is 0 Å². The highest BCUT2D eigenvalue weighted by Gasteiger charge is 2.22. The molecule has 1 aliphatic rings. The summed E-state index contributed by atoms with van der Waals surface area (Å²) in [4.78, 5) is 2.31. The Kier molecular flexibility index (Phi) is 4.96. The maximum atomic E-state index is 13.9. The standard InChI is InChI=1S/C14H21BFNO2/c1-2-17(13-5-3-4-6-13)10-11-7-8-12(15(18)19)9-14(11)16/h7-9,13,18-19H,2-6,10H2,1H3. The van der Waals surface area contributed by atoms with Crippen LogP contribution in [0.2, 0.25) is 0 Å². The van der Waals surface area contributed by atoms with Crippen LogP contribution in [0.25, 0.3) is 0 Å². The molecular weight excluding hydrogens is 244 g/mol. The average Bonchev–Trinajstić information content (AvgIpc) is 2.91. The molecule has 2 N–H and O–H groups in total. The van der Waals surface area contributed by atoms with E-state index in [1.165, 1.54) is 31.7 Å². The summed E-state index contributed by atoms with van der Waals surface area (Å²) in [6, 6.07) is 5.00. The van der Waals surface area contributed by atoms with E-state index >= 15 is 0 Å². The lowest BCUT2D eigenvalue weighted by Gasteiger charge is -2.27. The number of nitrogens with zero attached hydrogens (tertiary/aromatic N) is 1. The summed E-state index contributed by atoms with van der Waals surface area (Å²) in [5.74, 6) is -0.359. The van der Waals surface area contributed by atoms with Gasteiger partial charge in [-0.25, -0.2) is 4.39 Å². The van der Waals surface area contributed by atoms with Crippen molar-refractivity contribution in [3.8, 4) is 0 Å². The second-order valence-electron chi connectivity index (χ2n) is 5.23. The number of halogens is 1. The van der Waals surface area contributed by atoms with Crippen LogP contribution in [0.3, 0.4) is 0 Å². The van der Waals surface area contributed by atoms with Gasteiger partial charge in [0.1, 0.15) is 5.82 Å². The highest BCUT2D eigenvalue weighted by Crippen LogP contribution is 2.25. The Morgan fingerprint density at radius 1 is 1.32 bits per heavy atom. The van der Waals surface area contributed by atoms with Gasteiger partial charge in [0.15, 0.2) is 0 Å². The van der Waals surface area contributed by atoms with Crippen molar-refractivity contribution < 1.29 is 14.4 Å². The Morgan fingerprint density at radius 2 is 2.00 bits per heavy atom. The van der Waals surface area contributed by atoms with E-state index in [-0.39, 0.29) is 11.3 Å². The monoisotopic (exact) mass is 265 g/mol. The minimum atomic E-state index is -1.61. The zero-order valence-electron chi connectivity index (χ0n) is 11.3. The van der Waals surface area contributed by atoms with Gasteiger partial charge in [0.05, 0.1) is 0 Å². The molecule has 1 fully saturated rings. The summed E-state index contributed by atoms with van der Waals surface area (Å²) in [6.07, 6.45) is 4.92. The van der Waals surface area contributed by atoms with Crippen molar-refractivity contribution in [2.75, 3.05) is 6.54 Å². The third-order valence-electron chi connectivity index (χ3n) is 4.00. The normalized spacial score (nSPS) is 16.3. The van der Waals surface area contributed by atoms with E-state index < -0.39 is 7.12 Å². The molecular formula is C14H21BFNO2. The molecule has 0 aliphatic heterocycles. The van der Waals surface area contributed by atoms with Gasteiger partial charge in [-0.05, 0) is 30.9 Å². The van der Waals surface area contributed by atoms with Crippen molar-refractivity contribution in [2.45, 2.75) is 45.2 Å². The molecule has 1 aliphatic carbocycles. The molecule has 1 aromatic rings. The Bertz CT molecular complexity index is 422. The summed E-state index contributed by atoms with van der Waals surface area (Å²) in [6.45, 7) is 3.60. The topological polar surface area (TPSA) is 43.7 Å². The molecule has 3 nitrogen and oxygen atoms in total. The molecule has 0 atom stereocenters. The molecule has 0 heterocycles. The molecule has 2 rings (SSSR count).